The zero-order chi connectivity index (χ0) is 13.2. The maximum absolute atomic E-state index is 12.7. The van der Waals surface area contributed by atoms with E-state index in [1.165, 1.54) is 7.11 Å². The summed E-state index contributed by atoms with van der Waals surface area (Å²) in [7, 11) is 1.21. The first-order valence-corrected chi connectivity index (χ1v) is 4.58. The number of carbonyl (C=O) groups excluding carboxylic acids is 1. The number of ether oxygens (including phenoxy) is 1. The predicted octanol–water partition coefficient (Wildman–Crippen LogP) is 2.25. The molecule has 3 N–H and O–H groups in total. The van der Waals surface area contributed by atoms with Gasteiger partial charge in [-0.3, -0.25) is 4.79 Å². The SMILES string of the molecule is COc1cc(C(F)(F)F)c(NC(C)=O)cc1N. The average molecular weight is 248 g/mol. The quantitative estimate of drug-likeness (QED) is 0.789. The Morgan fingerprint density at radius 3 is 2.41 bits per heavy atom. The Bertz CT molecular complexity index is 444. The van der Waals surface area contributed by atoms with E-state index in [4.69, 9.17) is 10.5 Å². The molecule has 0 atom stereocenters. The van der Waals surface area contributed by atoms with Gasteiger partial charge in [0.25, 0.3) is 0 Å². The number of methoxy groups -OCH3 is 1. The third kappa shape index (κ3) is 3.02. The Morgan fingerprint density at radius 2 is 2.00 bits per heavy atom. The lowest BCUT2D eigenvalue weighted by atomic mass is 10.1. The molecule has 0 radical (unpaired) electrons. The summed E-state index contributed by atoms with van der Waals surface area (Å²) in [6, 6.07) is 1.77. The molecule has 4 nitrogen and oxygen atoms in total. The van der Waals surface area contributed by atoms with Crippen LogP contribution < -0.4 is 15.8 Å². The lowest BCUT2D eigenvalue weighted by Gasteiger charge is -2.15. The fourth-order valence-electron chi connectivity index (χ4n) is 1.30. The summed E-state index contributed by atoms with van der Waals surface area (Å²) in [4.78, 5) is 10.8. The third-order valence-electron chi connectivity index (χ3n) is 1.99. The second-order valence-corrected chi connectivity index (χ2v) is 3.32. The molecule has 1 amide bonds. The Morgan fingerprint density at radius 1 is 1.41 bits per heavy atom. The second kappa shape index (κ2) is 4.52. The number of alkyl halides is 3. The molecular formula is C10H11F3N2O2. The smallest absolute Gasteiger partial charge is 0.418 e. The molecule has 7 heteroatoms. The summed E-state index contributed by atoms with van der Waals surface area (Å²) in [5.41, 5.74) is 4.11. The summed E-state index contributed by atoms with van der Waals surface area (Å²) in [5.74, 6) is -0.702. The number of nitrogens with two attached hydrogens (primary N) is 1. The molecule has 0 bridgehead atoms. The van der Waals surface area contributed by atoms with E-state index in [2.05, 4.69) is 5.32 Å². The zero-order valence-electron chi connectivity index (χ0n) is 9.18. The van der Waals surface area contributed by atoms with Gasteiger partial charge >= 0.3 is 6.18 Å². The molecule has 0 aliphatic rings. The molecule has 1 aromatic rings. The number of nitrogens with one attached hydrogen (secondary N) is 1. The highest BCUT2D eigenvalue weighted by molar-refractivity contribution is 5.90. The van der Waals surface area contributed by atoms with Crippen LogP contribution in [0.5, 0.6) is 5.75 Å². The first-order valence-electron chi connectivity index (χ1n) is 4.58. The molecule has 94 valence electrons. The Kier molecular flexibility index (Phi) is 3.50. The molecule has 0 aliphatic heterocycles. The van der Waals surface area contributed by atoms with Crippen molar-refractivity contribution in [2.75, 3.05) is 18.2 Å². The van der Waals surface area contributed by atoms with E-state index in [9.17, 15) is 18.0 Å². The van der Waals surface area contributed by atoms with Crippen molar-refractivity contribution in [3.05, 3.63) is 17.7 Å². The van der Waals surface area contributed by atoms with Crippen molar-refractivity contribution in [1.82, 2.24) is 0 Å². The van der Waals surface area contributed by atoms with Gasteiger partial charge < -0.3 is 15.8 Å². The molecule has 0 spiro atoms. The van der Waals surface area contributed by atoms with Crippen molar-refractivity contribution < 1.29 is 22.7 Å². The van der Waals surface area contributed by atoms with Crippen molar-refractivity contribution >= 4 is 17.3 Å². The summed E-state index contributed by atoms with van der Waals surface area (Å²) < 4.78 is 42.8. The number of carbonyl (C=O) groups is 1. The number of nitrogen functional groups attached to an aromatic ring is 1. The average Bonchev–Trinajstić information content (AvgIpc) is 2.14. The molecule has 0 saturated heterocycles. The number of hydrogen-bond acceptors (Lipinski definition) is 3. The van der Waals surface area contributed by atoms with Gasteiger partial charge in [-0.2, -0.15) is 13.2 Å². The van der Waals surface area contributed by atoms with Gasteiger partial charge in [-0.25, -0.2) is 0 Å². The molecule has 0 saturated carbocycles. The van der Waals surface area contributed by atoms with Crippen molar-refractivity contribution in [2.24, 2.45) is 0 Å². The van der Waals surface area contributed by atoms with Crippen LogP contribution in [0.3, 0.4) is 0 Å². The number of halogens is 3. The number of benzene rings is 1. The molecule has 0 aliphatic carbocycles. The minimum Gasteiger partial charge on any atom is -0.495 e. The molecule has 0 unspecified atom stereocenters. The predicted molar refractivity (Wildman–Crippen MR) is 56.7 cm³/mol. The molecule has 0 heterocycles. The summed E-state index contributed by atoms with van der Waals surface area (Å²) in [5, 5.41) is 2.08. The van der Waals surface area contributed by atoms with E-state index in [0.29, 0.717) is 0 Å². The molecule has 1 rings (SSSR count). The monoisotopic (exact) mass is 248 g/mol. The summed E-state index contributed by atoms with van der Waals surface area (Å²) >= 11 is 0. The molecular weight excluding hydrogens is 237 g/mol. The highest BCUT2D eigenvalue weighted by Gasteiger charge is 2.34. The second-order valence-electron chi connectivity index (χ2n) is 3.32. The van der Waals surface area contributed by atoms with Crippen LogP contribution in [-0.2, 0) is 11.0 Å². The maximum atomic E-state index is 12.7. The van der Waals surface area contributed by atoms with E-state index in [1.54, 1.807) is 0 Å². The van der Waals surface area contributed by atoms with Crippen LogP contribution in [0.15, 0.2) is 12.1 Å². The maximum Gasteiger partial charge on any atom is 0.418 e. The lowest BCUT2D eigenvalue weighted by molar-refractivity contribution is -0.137. The fraction of sp³-hybridized carbons (Fsp3) is 0.300. The van der Waals surface area contributed by atoms with E-state index in [0.717, 1.165) is 19.1 Å². The highest BCUT2D eigenvalue weighted by Crippen LogP contribution is 2.39. The van der Waals surface area contributed by atoms with Gasteiger partial charge in [0.2, 0.25) is 5.91 Å². The fourth-order valence-corrected chi connectivity index (χ4v) is 1.30. The van der Waals surface area contributed by atoms with Crippen LogP contribution in [0.1, 0.15) is 12.5 Å². The van der Waals surface area contributed by atoms with Crippen LogP contribution >= 0.6 is 0 Å². The molecule has 0 fully saturated rings. The lowest BCUT2D eigenvalue weighted by Crippen LogP contribution is -2.14. The van der Waals surface area contributed by atoms with Gasteiger partial charge in [0, 0.05) is 6.92 Å². The van der Waals surface area contributed by atoms with Crippen LogP contribution in [-0.4, -0.2) is 13.0 Å². The van der Waals surface area contributed by atoms with Crippen molar-refractivity contribution in [3.8, 4) is 5.75 Å². The normalized spacial score (nSPS) is 11.1. The Balaban J connectivity index is 3.36. The summed E-state index contributed by atoms with van der Waals surface area (Å²) in [6.07, 6.45) is -4.60. The first-order chi connectivity index (χ1) is 7.75. The standard InChI is InChI=1S/C10H11F3N2O2/c1-5(16)15-8-4-7(14)9(17-2)3-6(8)10(11,12)13/h3-4H,14H2,1-2H3,(H,15,16). The minimum absolute atomic E-state index is 0.0178. The molecule has 0 aromatic heterocycles. The van der Waals surface area contributed by atoms with Crippen LogP contribution in [0.2, 0.25) is 0 Å². The van der Waals surface area contributed by atoms with Gasteiger partial charge in [0.15, 0.2) is 0 Å². The number of rotatable bonds is 2. The topological polar surface area (TPSA) is 64.3 Å². The zero-order valence-corrected chi connectivity index (χ0v) is 9.18. The van der Waals surface area contributed by atoms with Gasteiger partial charge in [-0.05, 0) is 12.1 Å². The van der Waals surface area contributed by atoms with Crippen molar-refractivity contribution in [1.29, 1.82) is 0 Å². The van der Waals surface area contributed by atoms with E-state index in [1.807, 2.05) is 0 Å². The Labute approximate surface area is 95.6 Å². The van der Waals surface area contributed by atoms with Crippen LogP contribution in [0.4, 0.5) is 24.5 Å². The van der Waals surface area contributed by atoms with Crippen molar-refractivity contribution in [2.45, 2.75) is 13.1 Å². The van der Waals surface area contributed by atoms with Crippen LogP contribution in [0, 0.1) is 0 Å². The molecule has 17 heavy (non-hydrogen) atoms. The number of hydrogen-bond donors (Lipinski definition) is 2. The number of anilines is 2. The van der Waals surface area contributed by atoms with Gasteiger partial charge in [0.1, 0.15) is 5.75 Å². The highest BCUT2D eigenvalue weighted by atomic mass is 19.4. The van der Waals surface area contributed by atoms with E-state index < -0.39 is 17.6 Å². The first kappa shape index (κ1) is 13.1. The van der Waals surface area contributed by atoms with Gasteiger partial charge in [-0.15, -0.1) is 0 Å². The third-order valence-corrected chi connectivity index (χ3v) is 1.99. The largest absolute Gasteiger partial charge is 0.495 e. The Hall–Kier alpha value is -1.92. The van der Waals surface area contributed by atoms with Gasteiger partial charge in [-0.1, -0.05) is 0 Å². The molecule has 1 aromatic carbocycles. The summed E-state index contributed by atoms with van der Waals surface area (Å²) in [6.45, 7) is 1.11. The van der Waals surface area contributed by atoms with Gasteiger partial charge in [0.05, 0.1) is 24.0 Å². The van der Waals surface area contributed by atoms with Crippen molar-refractivity contribution in [3.63, 3.8) is 0 Å². The van der Waals surface area contributed by atoms with Crippen LogP contribution in [0.25, 0.3) is 0 Å². The van der Waals surface area contributed by atoms with E-state index in [-0.39, 0.29) is 17.1 Å². The number of amides is 1. The van der Waals surface area contributed by atoms with E-state index >= 15 is 0 Å². The minimum atomic E-state index is -4.60.